The van der Waals surface area contributed by atoms with Crippen LogP contribution in [0.5, 0.6) is 5.75 Å². The van der Waals surface area contributed by atoms with Crippen LogP contribution in [0.4, 0.5) is 0 Å². The van der Waals surface area contributed by atoms with Gasteiger partial charge in [0.1, 0.15) is 12.4 Å². The Hall–Kier alpha value is -3.67. The molecule has 0 aliphatic rings. The fourth-order valence-electron chi connectivity index (χ4n) is 3.09. The lowest BCUT2D eigenvalue weighted by atomic mass is 10.0. The Morgan fingerprint density at radius 3 is 2.58 bits per heavy atom. The molecule has 0 aliphatic heterocycles. The number of aromatic nitrogens is 1. The second-order valence-corrected chi connectivity index (χ2v) is 6.98. The van der Waals surface area contributed by atoms with E-state index in [4.69, 9.17) is 14.7 Å². The molecule has 3 aromatic rings. The Balaban J connectivity index is 1.55. The van der Waals surface area contributed by atoms with E-state index in [1.165, 1.54) is 0 Å². The number of pyridine rings is 1. The Bertz CT molecular complexity index is 1000. The highest BCUT2D eigenvalue weighted by molar-refractivity contribution is 6.00. The molecule has 160 valence electrons. The molecule has 0 saturated carbocycles. The minimum atomic E-state index is -0.869. The Kier molecular flexibility index (Phi) is 8.17. The van der Waals surface area contributed by atoms with Crippen molar-refractivity contribution in [2.24, 2.45) is 5.16 Å². The van der Waals surface area contributed by atoms with E-state index in [-0.39, 0.29) is 6.42 Å². The van der Waals surface area contributed by atoms with Crippen LogP contribution in [0.2, 0.25) is 0 Å². The highest BCUT2D eigenvalue weighted by Gasteiger charge is 2.06. The molecule has 6 heteroatoms. The van der Waals surface area contributed by atoms with E-state index < -0.39 is 5.97 Å². The number of aliphatic carboxylic acids is 1. The number of hydrogen-bond donors (Lipinski definition) is 1. The molecule has 1 heterocycles. The molecular formula is C25H26N2O4. The average molecular weight is 418 g/mol. The summed E-state index contributed by atoms with van der Waals surface area (Å²) in [5, 5.41) is 13.2. The zero-order valence-electron chi connectivity index (χ0n) is 17.5. The quantitative estimate of drug-likeness (QED) is 0.270. The zero-order valence-corrected chi connectivity index (χ0v) is 17.5. The van der Waals surface area contributed by atoms with E-state index in [9.17, 15) is 4.79 Å². The maximum absolute atomic E-state index is 10.8. The standard InChI is InChI=1S/C25H26N2O4/c1-2-6-24(21-12-10-20(11-13-21)23-9-3-4-14-26-23)27-31-16-15-30-22-8-5-7-19(17-22)18-25(28)29/h3-5,7-14,17H,2,6,15-16,18H2,1H3,(H,28,29)/b27-24+. The molecule has 0 radical (unpaired) electrons. The number of oxime groups is 1. The van der Waals surface area contributed by atoms with Crippen LogP contribution in [-0.2, 0) is 16.1 Å². The first-order chi connectivity index (χ1) is 15.2. The molecular weight excluding hydrogens is 392 g/mol. The van der Waals surface area contributed by atoms with Crippen molar-refractivity contribution in [3.05, 3.63) is 84.1 Å². The number of carboxylic acids is 1. The van der Waals surface area contributed by atoms with E-state index in [1.807, 2.05) is 42.5 Å². The van der Waals surface area contributed by atoms with Crippen LogP contribution in [-0.4, -0.2) is 35.0 Å². The van der Waals surface area contributed by atoms with E-state index >= 15 is 0 Å². The summed E-state index contributed by atoms with van der Waals surface area (Å²) in [7, 11) is 0. The topological polar surface area (TPSA) is 81.0 Å². The largest absolute Gasteiger partial charge is 0.490 e. The SMILES string of the molecule is CCC/C(=N\OCCOc1cccc(CC(=O)O)c1)c1ccc(-c2ccccn2)cc1. The predicted octanol–water partition coefficient (Wildman–Crippen LogP) is 4.98. The predicted molar refractivity (Wildman–Crippen MR) is 120 cm³/mol. The molecule has 1 aromatic heterocycles. The van der Waals surface area contributed by atoms with Crippen molar-refractivity contribution in [3.8, 4) is 17.0 Å². The lowest BCUT2D eigenvalue weighted by molar-refractivity contribution is -0.136. The van der Waals surface area contributed by atoms with Gasteiger partial charge in [-0.3, -0.25) is 9.78 Å². The minimum Gasteiger partial charge on any atom is -0.490 e. The van der Waals surface area contributed by atoms with E-state index in [1.54, 1.807) is 30.5 Å². The molecule has 0 atom stereocenters. The van der Waals surface area contributed by atoms with Gasteiger partial charge in [0.2, 0.25) is 0 Å². The lowest BCUT2D eigenvalue weighted by Gasteiger charge is -2.09. The van der Waals surface area contributed by atoms with Crippen LogP contribution >= 0.6 is 0 Å². The third-order valence-electron chi connectivity index (χ3n) is 4.54. The Morgan fingerprint density at radius 2 is 1.87 bits per heavy atom. The normalized spacial score (nSPS) is 11.2. The van der Waals surface area contributed by atoms with Crippen molar-refractivity contribution in [2.45, 2.75) is 26.2 Å². The fraction of sp³-hybridized carbons (Fsp3) is 0.240. The summed E-state index contributed by atoms with van der Waals surface area (Å²) in [5.74, 6) is -0.253. The van der Waals surface area contributed by atoms with Crippen molar-refractivity contribution in [1.82, 2.24) is 4.98 Å². The van der Waals surface area contributed by atoms with E-state index in [0.717, 1.165) is 35.4 Å². The summed E-state index contributed by atoms with van der Waals surface area (Å²) in [6.07, 6.45) is 3.51. The first kappa shape index (κ1) is 22.0. The van der Waals surface area contributed by atoms with Gasteiger partial charge in [0.25, 0.3) is 0 Å². The first-order valence-electron chi connectivity index (χ1n) is 10.3. The molecule has 1 N–H and O–H groups in total. The molecule has 0 aliphatic carbocycles. The van der Waals surface area contributed by atoms with Crippen LogP contribution in [0, 0.1) is 0 Å². The molecule has 0 fully saturated rings. The highest BCUT2D eigenvalue weighted by atomic mass is 16.6. The zero-order chi connectivity index (χ0) is 21.9. The van der Waals surface area contributed by atoms with Gasteiger partial charge in [-0.1, -0.05) is 61.0 Å². The molecule has 0 spiro atoms. The van der Waals surface area contributed by atoms with Gasteiger partial charge in [-0.05, 0) is 41.8 Å². The number of carboxylic acid groups (broad SMARTS) is 1. The van der Waals surface area contributed by atoms with Crippen LogP contribution in [0.1, 0.15) is 30.9 Å². The van der Waals surface area contributed by atoms with Gasteiger partial charge >= 0.3 is 5.97 Å². The second-order valence-electron chi connectivity index (χ2n) is 6.98. The number of ether oxygens (including phenoxy) is 1. The van der Waals surface area contributed by atoms with Crippen LogP contribution in [0.3, 0.4) is 0 Å². The number of nitrogens with zero attached hydrogens (tertiary/aromatic N) is 2. The fourth-order valence-corrected chi connectivity index (χ4v) is 3.09. The summed E-state index contributed by atoms with van der Waals surface area (Å²) < 4.78 is 5.65. The van der Waals surface area contributed by atoms with Gasteiger partial charge in [-0.15, -0.1) is 0 Å². The monoisotopic (exact) mass is 418 g/mol. The molecule has 2 aromatic carbocycles. The third-order valence-corrected chi connectivity index (χ3v) is 4.54. The third kappa shape index (κ3) is 6.96. The molecule has 6 nitrogen and oxygen atoms in total. The molecule has 0 saturated heterocycles. The average Bonchev–Trinajstić information content (AvgIpc) is 2.79. The van der Waals surface area contributed by atoms with Crippen LogP contribution in [0.25, 0.3) is 11.3 Å². The Morgan fingerprint density at radius 1 is 1.03 bits per heavy atom. The molecule has 0 bridgehead atoms. The van der Waals surface area contributed by atoms with E-state index in [2.05, 4.69) is 17.1 Å². The van der Waals surface area contributed by atoms with Gasteiger partial charge in [-0.25, -0.2) is 0 Å². The van der Waals surface area contributed by atoms with Crippen molar-refractivity contribution in [2.75, 3.05) is 13.2 Å². The van der Waals surface area contributed by atoms with Crippen LogP contribution < -0.4 is 4.74 Å². The second kappa shape index (κ2) is 11.5. The first-order valence-corrected chi connectivity index (χ1v) is 10.3. The summed E-state index contributed by atoms with van der Waals surface area (Å²) in [4.78, 5) is 20.7. The summed E-state index contributed by atoms with van der Waals surface area (Å²) in [5.41, 5.74) is 4.59. The van der Waals surface area contributed by atoms with Gasteiger partial charge < -0.3 is 14.7 Å². The number of benzene rings is 2. The van der Waals surface area contributed by atoms with Gasteiger partial charge in [0.15, 0.2) is 6.61 Å². The Labute approximate surface area is 182 Å². The summed E-state index contributed by atoms with van der Waals surface area (Å²) in [6.45, 7) is 2.71. The van der Waals surface area contributed by atoms with Gasteiger partial charge in [0, 0.05) is 11.8 Å². The molecule has 0 unspecified atom stereocenters. The smallest absolute Gasteiger partial charge is 0.307 e. The summed E-state index contributed by atoms with van der Waals surface area (Å²) in [6, 6.07) is 21.1. The highest BCUT2D eigenvalue weighted by Crippen LogP contribution is 2.18. The molecule has 0 amide bonds. The minimum absolute atomic E-state index is 0.0303. The van der Waals surface area contributed by atoms with Crippen molar-refractivity contribution >= 4 is 11.7 Å². The number of carbonyl (C=O) groups is 1. The van der Waals surface area contributed by atoms with Gasteiger partial charge in [-0.2, -0.15) is 0 Å². The maximum Gasteiger partial charge on any atom is 0.307 e. The van der Waals surface area contributed by atoms with Crippen molar-refractivity contribution in [3.63, 3.8) is 0 Å². The van der Waals surface area contributed by atoms with Crippen LogP contribution in [0.15, 0.2) is 78.1 Å². The van der Waals surface area contributed by atoms with Gasteiger partial charge in [0.05, 0.1) is 17.8 Å². The van der Waals surface area contributed by atoms with Crippen molar-refractivity contribution < 1.29 is 19.5 Å². The number of rotatable bonds is 11. The molecule has 31 heavy (non-hydrogen) atoms. The van der Waals surface area contributed by atoms with E-state index in [0.29, 0.717) is 24.5 Å². The number of hydrogen-bond acceptors (Lipinski definition) is 5. The van der Waals surface area contributed by atoms with Crippen molar-refractivity contribution in [1.29, 1.82) is 0 Å². The summed E-state index contributed by atoms with van der Waals surface area (Å²) >= 11 is 0. The maximum atomic E-state index is 10.8. The lowest BCUT2D eigenvalue weighted by Crippen LogP contribution is -2.07. The molecule has 3 rings (SSSR count).